The molecule has 3 nitrogen and oxygen atoms in total. The second kappa shape index (κ2) is 5.21. The predicted molar refractivity (Wildman–Crippen MR) is 68.6 cm³/mol. The van der Waals surface area contributed by atoms with E-state index in [2.05, 4.69) is 4.90 Å². The monoisotopic (exact) mass is 233 g/mol. The molecule has 17 heavy (non-hydrogen) atoms. The van der Waals surface area contributed by atoms with Gasteiger partial charge < -0.3 is 10.0 Å². The average molecular weight is 233 g/mol. The van der Waals surface area contributed by atoms with Crippen LogP contribution in [-0.4, -0.2) is 24.7 Å². The quantitative estimate of drug-likeness (QED) is 0.849. The smallest absolute Gasteiger partial charge is 0.335 e. The van der Waals surface area contributed by atoms with Crippen molar-refractivity contribution >= 4 is 11.7 Å². The van der Waals surface area contributed by atoms with Crippen molar-refractivity contribution in [1.82, 2.24) is 0 Å². The largest absolute Gasteiger partial charge is 0.478 e. The third-order valence-corrected chi connectivity index (χ3v) is 3.63. The Morgan fingerprint density at radius 2 is 2.24 bits per heavy atom. The summed E-state index contributed by atoms with van der Waals surface area (Å²) in [6.07, 6.45) is 5.32. The van der Waals surface area contributed by atoms with Crippen molar-refractivity contribution in [3.8, 4) is 0 Å². The van der Waals surface area contributed by atoms with Crippen LogP contribution in [0.3, 0.4) is 0 Å². The summed E-state index contributed by atoms with van der Waals surface area (Å²) >= 11 is 0. The minimum Gasteiger partial charge on any atom is -0.478 e. The molecule has 92 valence electrons. The van der Waals surface area contributed by atoms with E-state index in [0.717, 1.165) is 18.2 Å². The number of aromatic carboxylic acids is 1. The fourth-order valence-corrected chi connectivity index (χ4v) is 2.16. The Morgan fingerprint density at radius 3 is 2.82 bits per heavy atom. The van der Waals surface area contributed by atoms with Gasteiger partial charge in [0.1, 0.15) is 0 Å². The summed E-state index contributed by atoms with van der Waals surface area (Å²) in [7, 11) is 2.03. The maximum atomic E-state index is 10.9. The summed E-state index contributed by atoms with van der Waals surface area (Å²) in [5.41, 5.74) is 1.35. The molecule has 0 amide bonds. The standard InChI is InChI=1S/C14H19NO2/c1-15(9-8-11-4-2-5-11)13-7-3-6-12(10-13)14(16)17/h3,6-7,10-11H,2,4-5,8-9H2,1H3,(H,16,17). The molecule has 1 aliphatic carbocycles. The number of rotatable bonds is 5. The van der Waals surface area contributed by atoms with Gasteiger partial charge in [-0.15, -0.1) is 0 Å². The van der Waals surface area contributed by atoms with Crippen molar-refractivity contribution in [3.05, 3.63) is 29.8 Å². The zero-order chi connectivity index (χ0) is 12.3. The van der Waals surface area contributed by atoms with Crippen molar-refractivity contribution in [2.45, 2.75) is 25.7 Å². The maximum Gasteiger partial charge on any atom is 0.335 e. The lowest BCUT2D eigenvalue weighted by molar-refractivity contribution is 0.0697. The Labute approximate surface area is 102 Å². The summed E-state index contributed by atoms with van der Waals surface area (Å²) in [6, 6.07) is 7.14. The molecule has 0 heterocycles. The highest BCUT2D eigenvalue weighted by atomic mass is 16.4. The molecular formula is C14H19NO2. The highest BCUT2D eigenvalue weighted by Gasteiger charge is 2.17. The summed E-state index contributed by atoms with van der Waals surface area (Å²) in [6.45, 7) is 1.01. The van der Waals surface area contributed by atoms with Gasteiger partial charge in [-0.05, 0) is 30.5 Å². The number of benzene rings is 1. The summed E-state index contributed by atoms with van der Waals surface area (Å²) < 4.78 is 0. The third kappa shape index (κ3) is 2.99. The molecule has 1 aliphatic rings. The lowest BCUT2D eigenvalue weighted by Crippen LogP contribution is -2.23. The van der Waals surface area contributed by atoms with E-state index in [1.54, 1.807) is 18.2 Å². The molecule has 3 heteroatoms. The van der Waals surface area contributed by atoms with Crippen LogP contribution in [0.15, 0.2) is 24.3 Å². The van der Waals surface area contributed by atoms with E-state index in [4.69, 9.17) is 5.11 Å². The van der Waals surface area contributed by atoms with Crippen LogP contribution < -0.4 is 4.90 Å². The molecule has 1 aromatic rings. The van der Waals surface area contributed by atoms with Crippen molar-refractivity contribution in [2.75, 3.05) is 18.5 Å². The topological polar surface area (TPSA) is 40.5 Å². The van der Waals surface area contributed by atoms with Gasteiger partial charge in [0.05, 0.1) is 5.56 Å². The van der Waals surface area contributed by atoms with Gasteiger partial charge in [-0.1, -0.05) is 25.3 Å². The van der Waals surface area contributed by atoms with Crippen LogP contribution in [0.25, 0.3) is 0 Å². The highest BCUT2D eigenvalue weighted by Crippen LogP contribution is 2.29. The fraction of sp³-hybridized carbons (Fsp3) is 0.500. The number of carboxylic acid groups (broad SMARTS) is 1. The number of carbonyl (C=O) groups is 1. The maximum absolute atomic E-state index is 10.9. The number of hydrogen-bond donors (Lipinski definition) is 1. The van der Waals surface area contributed by atoms with Crippen LogP contribution >= 0.6 is 0 Å². The lowest BCUT2D eigenvalue weighted by atomic mass is 9.83. The van der Waals surface area contributed by atoms with Crippen LogP contribution in [-0.2, 0) is 0 Å². The molecule has 0 bridgehead atoms. The molecule has 2 rings (SSSR count). The summed E-state index contributed by atoms with van der Waals surface area (Å²) in [4.78, 5) is 13.0. The Morgan fingerprint density at radius 1 is 1.47 bits per heavy atom. The molecule has 0 radical (unpaired) electrons. The number of hydrogen-bond acceptors (Lipinski definition) is 2. The molecule has 1 fully saturated rings. The summed E-state index contributed by atoms with van der Waals surface area (Å²) in [5, 5.41) is 8.94. The molecule has 1 aromatic carbocycles. The molecule has 0 atom stereocenters. The molecule has 0 saturated heterocycles. The van der Waals surface area contributed by atoms with Crippen molar-refractivity contribution < 1.29 is 9.90 Å². The fourth-order valence-electron chi connectivity index (χ4n) is 2.16. The van der Waals surface area contributed by atoms with Crippen molar-refractivity contribution in [1.29, 1.82) is 0 Å². The zero-order valence-electron chi connectivity index (χ0n) is 10.2. The van der Waals surface area contributed by atoms with Gasteiger partial charge in [0, 0.05) is 19.3 Å². The van der Waals surface area contributed by atoms with Gasteiger partial charge >= 0.3 is 5.97 Å². The minimum atomic E-state index is -0.862. The zero-order valence-corrected chi connectivity index (χ0v) is 10.2. The van der Waals surface area contributed by atoms with Crippen LogP contribution in [0.2, 0.25) is 0 Å². The molecule has 0 unspecified atom stereocenters. The molecule has 0 aliphatic heterocycles. The van der Waals surface area contributed by atoms with Gasteiger partial charge in [-0.25, -0.2) is 4.79 Å². The lowest BCUT2D eigenvalue weighted by Gasteiger charge is -2.28. The van der Waals surface area contributed by atoms with Crippen molar-refractivity contribution in [3.63, 3.8) is 0 Å². The number of carboxylic acids is 1. The average Bonchev–Trinajstić information content (AvgIpc) is 2.27. The number of nitrogens with zero attached hydrogens (tertiary/aromatic N) is 1. The van der Waals surface area contributed by atoms with Gasteiger partial charge in [-0.3, -0.25) is 0 Å². The first-order chi connectivity index (χ1) is 8.16. The van der Waals surface area contributed by atoms with Crippen LogP contribution in [0.1, 0.15) is 36.0 Å². The van der Waals surface area contributed by atoms with Gasteiger partial charge in [0.25, 0.3) is 0 Å². The molecular weight excluding hydrogens is 214 g/mol. The van der Waals surface area contributed by atoms with Crippen LogP contribution in [0.4, 0.5) is 5.69 Å². The second-order valence-electron chi connectivity index (χ2n) is 4.86. The molecule has 0 spiro atoms. The Hall–Kier alpha value is -1.51. The molecule has 0 aromatic heterocycles. The SMILES string of the molecule is CN(CCC1CCC1)c1cccc(C(=O)O)c1. The third-order valence-electron chi connectivity index (χ3n) is 3.63. The van der Waals surface area contributed by atoms with E-state index in [9.17, 15) is 4.79 Å². The summed E-state index contributed by atoms with van der Waals surface area (Å²) in [5.74, 6) is 0.0272. The Bertz CT molecular complexity index is 399. The Kier molecular flexibility index (Phi) is 3.67. The second-order valence-corrected chi connectivity index (χ2v) is 4.86. The van der Waals surface area contributed by atoms with Crippen LogP contribution in [0.5, 0.6) is 0 Å². The Balaban J connectivity index is 1.94. The van der Waals surface area contributed by atoms with E-state index >= 15 is 0 Å². The van der Waals surface area contributed by atoms with E-state index < -0.39 is 5.97 Å². The van der Waals surface area contributed by atoms with Crippen LogP contribution in [0, 0.1) is 5.92 Å². The van der Waals surface area contributed by atoms with Crippen molar-refractivity contribution in [2.24, 2.45) is 5.92 Å². The molecule has 1 N–H and O–H groups in total. The van der Waals surface area contributed by atoms with Gasteiger partial charge in [-0.2, -0.15) is 0 Å². The van der Waals surface area contributed by atoms with E-state index in [1.165, 1.54) is 25.7 Å². The first-order valence-electron chi connectivity index (χ1n) is 6.21. The molecule has 1 saturated carbocycles. The van der Waals surface area contributed by atoms with E-state index in [-0.39, 0.29) is 0 Å². The van der Waals surface area contributed by atoms with E-state index in [0.29, 0.717) is 5.56 Å². The highest BCUT2D eigenvalue weighted by molar-refractivity contribution is 5.88. The first-order valence-corrected chi connectivity index (χ1v) is 6.21. The number of anilines is 1. The first kappa shape index (κ1) is 12.0. The normalized spacial score (nSPS) is 15.4. The predicted octanol–water partition coefficient (Wildman–Crippen LogP) is 3.01. The minimum absolute atomic E-state index is 0.359. The van der Waals surface area contributed by atoms with Gasteiger partial charge in [0.2, 0.25) is 0 Å². The van der Waals surface area contributed by atoms with E-state index in [1.807, 2.05) is 13.1 Å². The van der Waals surface area contributed by atoms with Gasteiger partial charge in [0.15, 0.2) is 0 Å².